The molecule has 1 heterocycles. The van der Waals surface area contributed by atoms with E-state index in [9.17, 15) is 4.79 Å². The van der Waals surface area contributed by atoms with Gasteiger partial charge in [-0.3, -0.25) is 9.69 Å². The number of piperazine rings is 1. The molecule has 3 aromatic carbocycles. The van der Waals surface area contributed by atoms with Gasteiger partial charge in [0.1, 0.15) is 0 Å². The summed E-state index contributed by atoms with van der Waals surface area (Å²) in [6.45, 7) is 8.81. The number of nitrogens with zero attached hydrogens (tertiary/aromatic N) is 2. The van der Waals surface area contributed by atoms with Crippen molar-refractivity contribution in [2.45, 2.75) is 26.3 Å². The molecule has 35 heavy (non-hydrogen) atoms. The van der Waals surface area contributed by atoms with Gasteiger partial charge in [-0.05, 0) is 52.9 Å². The first kappa shape index (κ1) is 25.3. The smallest absolute Gasteiger partial charge is 0.248 e. The molecule has 1 N–H and O–H groups in total. The molecule has 182 valence electrons. The first-order chi connectivity index (χ1) is 16.9. The molecule has 1 aliphatic rings. The SMILES string of the molecule is CC(C)c1ccc(C=CC(=O)Nc2ccc(N3CCN(Cc4ccccc4Cl)CC3)c(Cl)c2)cc1. The van der Waals surface area contributed by atoms with E-state index < -0.39 is 0 Å². The number of carbonyl (C=O) groups excluding carboxylic acids is 1. The van der Waals surface area contributed by atoms with Gasteiger partial charge >= 0.3 is 0 Å². The van der Waals surface area contributed by atoms with Gasteiger partial charge in [0.25, 0.3) is 0 Å². The van der Waals surface area contributed by atoms with Crippen molar-refractivity contribution in [3.8, 4) is 0 Å². The minimum atomic E-state index is -0.185. The average Bonchev–Trinajstić information content (AvgIpc) is 2.85. The van der Waals surface area contributed by atoms with Crippen LogP contribution in [0.5, 0.6) is 0 Å². The Hall–Kier alpha value is -2.79. The van der Waals surface area contributed by atoms with Crippen LogP contribution in [0, 0.1) is 0 Å². The highest BCUT2D eigenvalue weighted by atomic mass is 35.5. The minimum absolute atomic E-state index is 0.185. The second kappa shape index (κ2) is 11.8. The molecule has 0 saturated carbocycles. The maximum absolute atomic E-state index is 12.4. The molecular weight excluding hydrogens is 477 g/mol. The first-order valence-electron chi connectivity index (χ1n) is 12.0. The second-order valence-corrected chi connectivity index (χ2v) is 9.98. The van der Waals surface area contributed by atoms with Crippen molar-refractivity contribution < 1.29 is 4.79 Å². The van der Waals surface area contributed by atoms with Gasteiger partial charge in [0.2, 0.25) is 5.91 Å². The summed E-state index contributed by atoms with van der Waals surface area (Å²) < 4.78 is 0. The number of hydrogen-bond acceptors (Lipinski definition) is 3. The van der Waals surface area contributed by atoms with Crippen LogP contribution in [0.2, 0.25) is 10.0 Å². The fourth-order valence-electron chi connectivity index (χ4n) is 4.20. The van der Waals surface area contributed by atoms with E-state index in [1.807, 2.05) is 54.6 Å². The molecule has 1 saturated heterocycles. The zero-order chi connectivity index (χ0) is 24.8. The fraction of sp³-hybridized carbons (Fsp3) is 0.276. The van der Waals surface area contributed by atoms with E-state index in [-0.39, 0.29) is 5.91 Å². The molecule has 1 amide bonds. The second-order valence-electron chi connectivity index (χ2n) is 9.16. The molecule has 0 atom stereocenters. The van der Waals surface area contributed by atoms with Gasteiger partial charge in [0.15, 0.2) is 0 Å². The summed E-state index contributed by atoms with van der Waals surface area (Å²) in [6.07, 6.45) is 3.36. The third-order valence-corrected chi connectivity index (χ3v) is 6.98. The molecule has 1 fully saturated rings. The standard InChI is InChI=1S/C29H31Cl2N3O/c1-21(2)23-10-7-22(8-11-23)9-14-29(35)32-25-12-13-28(27(31)19-25)34-17-15-33(16-18-34)20-24-5-3-4-6-26(24)30/h3-14,19,21H,15-18,20H2,1-2H3,(H,32,35). The lowest BCUT2D eigenvalue weighted by atomic mass is 10.0. The number of nitrogens with one attached hydrogen (secondary N) is 1. The lowest BCUT2D eigenvalue weighted by molar-refractivity contribution is -0.111. The van der Waals surface area contributed by atoms with Crippen LogP contribution in [0.4, 0.5) is 11.4 Å². The molecule has 0 spiro atoms. The first-order valence-corrected chi connectivity index (χ1v) is 12.7. The Labute approximate surface area is 218 Å². The van der Waals surface area contributed by atoms with Gasteiger partial charge in [0.05, 0.1) is 10.7 Å². The topological polar surface area (TPSA) is 35.6 Å². The Kier molecular flexibility index (Phi) is 8.50. The van der Waals surface area contributed by atoms with Gasteiger partial charge in [-0.2, -0.15) is 0 Å². The van der Waals surface area contributed by atoms with Crippen LogP contribution in [0.1, 0.15) is 36.5 Å². The fourth-order valence-corrected chi connectivity index (χ4v) is 4.70. The molecule has 0 bridgehead atoms. The number of anilines is 2. The van der Waals surface area contributed by atoms with Crippen LogP contribution in [-0.2, 0) is 11.3 Å². The van der Waals surface area contributed by atoms with Crippen molar-refractivity contribution in [3.05, 3.63) is 99.5 Å². The Balaban J connectivity index is 1.30. The summed E-state index contributed by atoms with van der Waals surface area (Å²) in [7, 11) is 0. The summed E-state index contributed by atoms with van der Waals surface area (Å²) in [5.41, 5.74) is 5.10. The summed E-state index contributed by atoms with van der Waals surface area (Å²) in [5, 5.41) is 4.35. The Morgan fingerprint density at radius 3 is 2.31 bits per heavy atom. The van der Waals surface area contributed by atoms with Crippen molar-refractivity contribution in [1.29, 1.82) is 0 Å². The van der Waals surface area contributed by atoms with Crippen LogP contribution in [0.3, 0.4) is 0 Å². The van der Waals surface area contributed by atoms with Gasteiger partial charge in [-0.1, -0.05) is 79.5 Å². The average molecular weight is 508 g/mol. The highest BCUT2D eigenvalue weighted by Crippen LogP contribution is 2.30. The number of hydrogen-bond donors (Lipinski definition) is 1. The van der Waals surface area contributed by atoms with Gasteiger partial charge in [0, 0.05) is 49.5 Å². The van der Waals surface area contributed by atoms with Crippen molar-refractivity contribution >= 4 is 46.6 Å². The number of amides is 1. The van der Waals surface area contributed by atoms with Crippen LogP contribution in [-0.4, -0.2) is 37.0 Å². The van der Waals surface area contributed by atoms with Crippen molar-refractivity contribution in [1.82, 2.24) is 4.90 Å². The number of carbonyl (C=O) groups is 1. The van der Waals surface area contributed by atoms with E-state index >= 15 is 0 Å². The molecule has 3 aromatic rings. The number of benzene rings is 3. The largest absolute Gasteiger partial charge is 0.368 e. The van der Waals surface area contributed by atoms with Crippen molar-refractivity contribution in [2.75, 3.05) is 36.4 Å². The van der Waals surface area contributed by atoms with E-state index in [0.29, 0.717) is 16.6 Å². The molecule has 0 radical (unpaired) electrons. The summed E-state index contributed by atoms with van der Waals surface area (Å²) in [5.74, 6) is 0.302. The van der Waals surface area contributed by atoms with E-state index in [4.69, 9.17) is 23.2 Å². The third kappa shape index (κ3) is 6.88. The molecule has 0 aliphatic carbocycles. The van der Waals surface area contributed by atoms with Gasteiger partial charge < -0.3 is 10.2 Å². The molecule has 1 aliphatic heterocycles. The minimum Gasteiger partial charge on any atom is -0.368 e. The maximum atomic E-state index is 12.4. The predicted octanol–water partition coefficient (Wildman–Crippen LogP) is 7.09. The summed E-state index contributed by atoms with van der Waals surface area (Å²) >= 11 is 12.9. The van der Waals surface area contributed by atoms with E-state index in [1.54, 1.807) is 6.08 Å². The summed E-state index contributed by atoms with van der Waals surface area (Å²) in [6, 6.07) is 21.9. The molecular formula is C29H31Cl2N3O. The lowest BCUT2D eigenvalue weighted by Crippen LogP contribution is -2.46. The third-order valence-electron chi connectivity index (χ3n) is 6.31. The molecule has 0 aromatic heterocycles. The van der Waals surface area contributed by atoms with Crippen LogP contribution < -0.4 is 10.2 Å². The Morgan fingerprint density at radius 1 is 0.943 bits per heavy atom. The molecule has 6 heteroatoms. The van der Waals surface area contributed by atoms with E-state index in [2.05, 4.69) is 47.2 Å². The quantitative estimate of drug-likeness (QED) is 0.346. The molecule has 4 rings (SSSR count). The van der Waals surface area contributed by atoms with Crippen molar-refractivity contribution in [2.24, 2.45) is 0 Å². The van der Waals surface area contributed by atoms with Gasteiger partial charge in [-0.15, -0.1) is 0 Å². The number of halogens is 2. The Bertz CT molecular complexity index is 1180. The summed E-state index contributed by atoms with van der Waals surface area (Å²) in [4.78, 5) is 17.1. The molecule has 4 nitrogen and oxygen atoms in total. The number of rotatable bonds is 7. The Morgan fingerprint density at radius 2 is 1.66 bits per heavy atom. The highest BCUT2D eigenvalue weighted by molar-refractivity contribution is 6.33. The monoisotopic (exact) mass is 507 g/mol. The maximum Gasteiger partial charge on any atom is 0.248 e. The molecule has 0 unspecified atom stereocenters. The van der Waals surface area contributed by atoms with Crippen LogP contribution >= 0.6 is 23.2 Å². The van der Waals surface area contributed by atoms with Crippen LogP contribution in [0.25, 0.3) is 6.08 Å². The normalized spacial score (nSPS) is 14.6. The zero-order valence-corrected chi connectivity index (χ0v) is 21.7. The van der Waals surface area contributed by atoms with Crippen molar-refractivity contribution in [3.63, 3.8) is 0 Å². The predicted molar refractivity (Wildman–Crippen MR) is 149 cm³/mol. The highest BCUT2D eigenvalue weighted by Gasteiger charge is 2.20. The van der Waals surface area contributed by atoms with Crippen LogP contribution in [0.15, 0.2) is 72.8 Å². The zero-order valence-electron chi connectivity index (χ0n) is 20.2. The lowest BCUT2D eigenvalue weighted by Gasteiger charge is -2.36. The van der Waals surface area contributed by atoms with Gasteiger partial charge in [-0.25, -0.2) is 0 Å². The van der Waals surface area contributed by atoms with E-state index in [1.165, 1.54) is 5.56 Å². The van der Waals surface area contributed by atoms with E-state index in [0.717, 1.165) is 54.6 Å².